The first-order chi connectivity index (χ1) is 12.7. The normalized spacial score (nSPS) is 31.9. The minimum atomic E-state index is -0.590. The molecule has 1 amide bonds. The molecular formula is C22H20N2O2. The van der Waals surface area contributed by atoms with Gasteiger partial charge in [-0.25, -0.2) is 0 Å². The Labute approximate surface area is 152 Å². The maximum atomic E-state index is 13.1. The zero-order chi connectivity index (χ0) is 17.9. The second-order valence-corrected chi connectivity index (χ2v) is 7.71. The van der Waals surface area contributed by atoms with Gasteiger partial charge in [0.2, 0.25) is 0 Å². The first kappa shape index (κ1) is 15.6. The third-order valence-corrected chi connectivity index (χ3v) is 6.40. The standard InChI is InChI=1S/C22H20N2O2/c23-13-14-9-10-16-12-22(21(26)24(22)18-7-4-8-19(18)25)20(17(16)11-14)15-5-2-1-3-6-15/h1-3,5-6,9-11,18-20,25H,4,7-8,12H2/t18-,19-,20+,22+,24?/m1/s1. The fourth-order valence-electron chi connectivity index (χ4n) is 5.23. The summed E-state index contributed by atoms with van der Waals surface area (Å²) in [5.74, 6) is 0.0688. The first-order valence-corrected chi connectivity index (χ1v) is 9.26. The number of benzene rings is 2. The van der Waals surface area contributed by atoms with Crippen LogP contribution in [0.15, 0.2) is 48.5 Å². The van der Waals surface area contributed by atoms with Gasteiger partial charge in [-0.2, -0.15) is 5.26 Å². The molecule has 2 aliphatic carbocycles. The summed E-state index contributed by atoms with van der Waals surface area (Å²) in [6.45, 7) is 0. The zero-order valence-corrected chi connectivity index (χ0v) is 14.4. The van der Waals surface area contributed by atoms with E-state index in [2.05, 4.69) is 18.2 Å². The van der Waals surface area contributed by atoms with Gasteiger partial charge in [0.05, 0.1) is 23.8 Å². The Bertz CT molecular complexity index is 933. The predicted molar refractivity (Wildman–Crippen MR) is 96.4 cm³/mol. The number of carbonyl (C=O) groups excluding carboxylic acids is 1. The van der Waals surface area contributed by atoms with E-state index in [0.717, 1.165) is 36.0 Å². The lowest BCUT2D eigenvalue weighted by Gasteiger charge is -2.24. The SMILES string of the molecule is N#Cc1ccc2c(c1)[C@H](c1ccccc1)[C@@]1(C2)C(=O)N1[C@@H]1CCC[C@H]1O. The molecule has 0 radical (unpaired) electrons. The van der Waals surface area contributed by atoms with Crippen LogP contribution in [0.3, 0.4) is 0 Å². The lowest BCUT2D eigenvalue weighted by Crippen LogP contribution is -2.35. The van der Waals surface area contributed by atoms with Gasteiger partial charge in [-0.1, -0.05) is 36.4 Å². The van der Waals surface area contributed by atoms with Gasteiger partial charge in [-0.05, 0) is 48.1 Å². The van der Waals surface area contributed by atoms with E-state index in [0.29, 0.717) is 12.0 Å². The number of nitriles is 1. The van der Waals surface area contributed by atoms with E-state index in [1.165, 1.54) is 0 Å². The van der Waals surface area contributed by atoms with Crippen LogP contribution < -0.4 is 0 Å². The van der Waals surface area contributed by atoms with Gasteiger partial charge in [0.1, 0.15) is 5.54 Å². The van der Waals surface area contributed by atoms with Crippen molar-refractivity contribution in [2.45, 2.75) is 49.3 Å². The fraction of sp³-hybridized carbons (Fsp3) is 0.364. The monoisotopic (exact) mass is 344 g/mol. The average Bonchev–Trinajstić information content (AvgIpc) is 2.99. The van der Waals surface area contributed by atoms with Crippen molar-refractivity contribution in [3.8, 4) is 6.07 Å². The van der Waals surface area contributed by atoms with Crippen molar-refractivity contribution in [2.75, 3.05) is 0 Å². The summed E-state index contributed by atoms with van der Waals surface area (Å²) < 4.78 is 0. The van der Waals surface area contributed by atoms with Gasteiger partial charge in [0.25, 0.3) is 5.91 Å². The van der Waals surface area contributed by atoms with E-state index in [-0.39, 0.29) is 17.9 Å². The number of carbonyl (C=O) groups is 1. The van der Waals surface area contributed by atoms with E-state index >= 15 is 0 Å². The van der Waals surface area contributed by atoms with Crippen molar-refractivity contribution < 1.29 is 9.90 Å². The van der Waals surface area contributed by atoms with Crippen LogP contribution in [-0.2, 0) is 11.2 Å². The molecule has 1 saturated carbocycles. The second-order valence-electron chi connectivity index (χ2n) is 7.71. The number of nitrogens with zero attached hydrogens (tertiary/aromatic N) is 2. The van der Waals surface area contributed by atoms with Crippen molar-refractivity contribution >= 4 is 5.91 Å². The molecule has 0 aromatic heterocycles. The van der Waals surface area contributed by atoms with Crippen LogP contribution in [-0.4, -0.2) is 33.6 Å². The van der Waals surface area contributed by atoms with E-state index in [1.54, 1.807) is 0 Å². The largest absolute Gasteiger partial charge is 0.391 e. The highest BCUT2D eigenvalue weighted by molar-refractivity contribution is 6.06. The van der Waals surface area contributed by atoms with Crippen LogP contribution in [0.5, 0.6) is 0 Å². The second kappa shape index (κ2) is 5.43. The van der Waals surface area contributed by atoms with E-state index in [1.807, 2.05) is 41.3 Å². The predicted octanol–water partition coefficient (Wildman–Crippen LogP) is 2.74. The smallest absolute Gasteiger partial charge is 0.251 e. The minimum absolute atomic E-state index is 0.0709. The van der Waals surface area contributed by atoms with E-state index in [4.69, 9.17) is 0 Å². The molecule has 1 N–H and O–H groups in total. The van der Waals surface area contributed by atoms with Gasteiger partial charge in [0, 0.05) is 12.3 Å². The van der Waals surface area contributed by atoms with Gasteiger partial charge in [-0.3, -0.25) is 4.79 Å². The summed E-state index contributed by atoms with van der Waals surface area (Å²) >= 11 is 0. The minimum Gasteiger partial charge on any atom is -0.391 e. The van der Waals surface area contributed by atoms with Crippen LogP contribution in [0.25, 0.3) is 0 Å². The van der Waals surface area contributed by atoms with Crippen LogP contribution in [0.1, 0.15) is 47.4 Å². The van der Waals surface area contributed by atoms with E-state index < -0.39 is 11.6 Å². The van der Waals surface area contributed by atoms with Crippen LogP contribution in [0.4, 0.5) is 0 Å². The number of amides is 1. The lowest BCUT2D eigenvalue weighted by atomic mass is 9.84. The Kier molecular flexibility index (Phi) is 3.26. The number of aliphatic hydroxyl groups is 1. The summed E-state index contributed by atoms with van der Waals surface area (Å²) in [6.07, 6.45) is 2.85. The molecule has 130 valence electrons. The van der Waals surface area contributed by atoms with Crippen LogP contribution in [0, 0.1) is 11.3 Å². The van der Waals surface area contributed by atoms with Crippen LogP contribution in [0.2, 0.25) is 0 Å². The molecule has 4 heteroatoms. The topological polar surface area (TPSA) is 64.1 Å². The molecule has 1 saturated heterocycles. The Hall–Kier alpha value is -2.64. The maximum Gasteiger partial charge on any atom is 0.251 e. The van der Waals surface area contributed by atoms with Crippen molar-refractivity contribution in [3.05, 3.63) is 70.8 Å². The highest BCUT2D eigenvalue weighted by Gasteiger charge is 2.72. The molecule has 2 aromatic carbocycles. The molecule has 26 heavy (non-hydrogen) atoms. The quantitative estimate of drug-likeness (QED) is 0.852. The number of aliphatic hydroxyl groups excluding tert-OH is 1. The molecule has 0 bridgehead atoms. The first-order valence-electron chi connectivity index (χ1n) is 9.26. The average molecular weight is 344 g/mol. The molecule has 1 spiro atoms. The Balaban J connectivity index is 1.64. The molecule has 4 nitrogen and oxygen atoms in total. The Morgan fingerprint density at radius 3 is 2.65 bits per heavy atom. The molecule has 1 aliphatic heterocycles. The molecule has 2 aromatic rings. The van der Waals surface area contributed by atoms with Crippen molar-refractivity contribution in [1.29, 1.82) is 5.26 Å². The summed E-state index contributed by atoms with van der Waals surface area (Å²) in [5, 5.41) is 19.7. The lowest BCUT2D eigenvalue weighted by molar-refractivity contribution is -0.115. The summed E-state index contributed by atoms with van der Waals surface area (Å²) in [4.78, 5) is 15.1. The third kappa shape index (κ3) is 1.95. The fourth-order valence-corrected chi connectivity index (χ4v) is 5.23. The van der Waals surface area contributed by atoms with Crippen molar-refractivity contribution in [1.82, 2.24) is 4.90 Å². The number of hydrogen-bond donors (Lipinski definition) is 1. The number of rotatable bonds is 2. The molecular weight excluding hydrogens is 324 g/mol. The highest BCUT2D eigenvalue weighted by atomic mass is 16.3. The molecule has 2 fully saturated rings. The number of hydrogen-bond acceptors (Lipinski definition) is 3. The van der Waals surface area contributed by atoms with Crippen LogP contribution >= 0.6 is 0 Å². The molecule has 0 unspecified atom stereocenters. The van der Waals surface area contributed by atoms with Crippen molar-refractivity contribution in [3.63, 3.8) is 0 Å². The van der Waals surface area contributed by atoms with Gasteiger partial charge in [-0.15, -0.1) is 0 Å². The van der Waals surface area contributed by atoms with Gasteiger partial charge in [0.15, 0.2) is 0 Å². The Morgan fingerprint density at radius 1 is 1.15 bits per heavy atom. The maximum absolute atomic E-state index is 13.1. The van der Waals surface area contributed by atoms with E-state index in [9.17, 15) is 15.2 Å². The summed E-state index contributed by atoms with van der Waals surface area (Å²) in [6, 6.07) is 18.0. The summed E-state index contributed by atoms with van der Waals surface area (Å²) in [5.41, 5.74) is 3.36. The highest BCUT2D eigenvalue weighted by Crippen LogP contribution is 2.59. The zero-order valence-electron chi connectivity index (χ0n) is 14.4. The Morgan fingerprint density at radius 2 is 1.96 bits per heavy atom. The molecule has 4 atom stereocenters. The third-order valence-electron chi connectivity index (χ3n) is 6.40. The molecule has 1 heterocycles. The molecule has 3 aliphatic rings. The van der Waals surface area contributed by atoms with Crippen molar-refractivity contribution in [2.24, 2.45) is 0 Å². The molecule has 5 rings (SSSR count). The number of fused-ring (bicyclic) bond motifs is 1. The van der Waals surface area contributed by atoms with Gasteiger partial charge < -0.3 is 10.0 Å². The van der Waals surface area contributed by atoms with Gasteiger partial charge >= 0.3 is 0 Å². The summed E-state index contributed by atoms with van der Waals surface area (Å²) in [7, 11) is 0.